The Kier molecular flexibility index (Phi) is 3.01. The zero-order valence-corrected chi connectivity index (χ0v) is 8.75. The zero-order valence-electron chi connectivity index (χ0n) is 8.75. The Morgan fingerprint density at radius 1 is 1.80 bits per heavy atom. The molecule has 0 aliphatic carbocycles. The number of aromatic nitrogens is 1. The predicted molar refractivity (Wildman–Crippen MR) is 54.1 cm³/mol. The molecular formula is C10H15N3O2. The van der Waals surface area contributed by atoms with Crippen molar-refractivity contribution in [2.24, 2.45) is 5.92 Å². The fourth-order valence-corrected chi connectivity index (χ4v) is 1.70. The van der Waals surface area contributed by atoms with Gasteiger partial charge >= 0.3 is 0 Å². The maximum atomic E-state index is 11.6. The summed E-state index contributed by atoms with van der Waals surface area (Å²) in [4.78, 5) is 11.6. The van der Waals surface area contributed by atoms with Crippen molar-refractivity contribution < 1.29 is 9.32 Å². The molecule has 1 amide bonds. The molecule has 0 saturated carbocycles. The van der Waals surface area contributed by atoms with Crippen molar-refractivity contribution in [1.29, 1.82) is 0 Å². The van der Waals surface area contributed by atoms with Crippen molar-refractivity contribution in [3.63, 3.8) is 0 Å². The lowest BCUT2D eigenvalue weighted by Gasteiger charge is -2.07. The van der Waals surface area contributed by atoms with Crippen molar-refractivity contribution in [3.05, 3.63) is 17.5 Å². The van der Waals surface area contributed by atoms with E-state index in [0.717, 1.165) is 31.0 Å². The van der Waals surface area contributed by atoms with E-state index in [1.54, 1.807) is 0 Å². The minimum atomic E-state index is 0.0978. The van der Waals surface area contributed by atoms with Crippen LogP contribution in [0.25, 0.3) is 0 Å². The molecule has 1 aliphatic heterocycles. The third kappa shape index (κ3) is 2.56. The molecule has 1 atom stereocenters. The van der Waals surface area contributed by atoms with Crippen LogP contribution in [0.2, 0.25) is 0 Å². The van der Waals surface area contributed by atoms with E-state index in [0.29, 0.717) is 6.54 Å². The lowest BCUT2D eigenvalue weighted by molar-refractivity contribution is -0.124. The standard InChI is InChI=1S/C10H15N3O2/c1-7-4-9(13-15-7)6-12-10(14)8-2-3-11-5-8/h4,8,11H,2-3,5-6H2,1H3,(H,12,14). The third-order valence-electron chi connectivity index (χ3n) is 2.55. The van der Waals surface area contributed by atoms with Gasteiger partial charge in [-0.3, -0.25) is 4.79 Å². The molecule has 2 heterocycles. The summed E-state index contributed by atoms with van der Waals surface area (Å²) in [6, 6.07) is 1.83. The number of rotatable bonds is 3. The van der Waals surface area contributed by atoms with Crippen LogP contribution < -0.4 is 10.6 Å². The average Bonchev–Trinajstić information content (AvgIpc) is 2.84. The molecule has 1 aromatic rings. The minimum Gasteiger partial charge on any atom is -0.361 e. The number of hydrogen-bond acceptors (Lipinski definition) is 4. The highest BCUT2D eigenvalue weighted by Crippen LogP contribution is 2.07. The van der Waals surface area contributed by atoms with Crippen molar-refractivity contribution in [1.82, 2.24) is 15.8 Å². The lowest BCUT2D eigenvalue weighted by Crippen LogP contribution is -2.31. The predicted octanol–water partition coefficient (Wildman–Crippen LogP) is 0.209. The Bertz CT molecular complexity index is 342. The number of carbonyl (C=O) groups is 1. The summed E-state index contributed by atoms with van der Waals surface area (Å²) < 4.78 is 4.91. The minimum absolute atomic E-state index is 0.0978. The second kappa shape index (κ2) is 4.44. The fourth-order valence-electron chi connectivity index (χ4n) is 1.70. The summed E-state index contributed by atoms with van der Waals surface area (Å²) in [5, 5.41) is 9.82. The quantitative estimate of drug-likeness (QED) is 0.746. The molecule has 5 nitrogen and oxygen atoms in total. The van der Waals surface area contributed by atoms with Crippen LogP contribution in [0.1, 0.15) is 17.9 Å². The maximum Gasteiger partial charge on any atom is 0.224 e. The number of amides is 1. The molecule has 1 fully saturated rings. The largest absolute Gasteiger partial charge is 0.361 e. The van der Waals surface area contributed by atoms with Gasteiger partial charge in [-0.2, -0.15) is 0 Å². The number of hydrogen-bond donors (Lipinski definition) is 2. The summed E-state index contributed by atoms with van der Waals surface area (Å²) in [5.74, 6) is 0.973. The molecule has 15 heavy (non-hydrogen) atoms. The van der Waals surface area contributed by atoms with Crippen LogP contribution in [0.15, 0.2) is 10.6 Å². The van der Waals surface area contributed by atoms with E-state index in [4.69, 9.17) is 4.52 Å². The molecule has 2 rings (SSSR count). The molecule has 2 N–H and O–H groups in total. The van der Waals surface area contributed by atoms with Crippen LogP contribution in [0.4, 0.5) is 0 Å². The SMILES string of the molecule is Cc1cc(CNC(=O)C2CCNC2)no1. The van der Waals surface area contributed by atoms with Crippen molar-refractivity contribution in [2.75, 3.05) is 13.1 Å². The van der Waals surface area contributed by atoms with E-state index in [9.17, 15) is 4.79 Å². The first-order valence-electron chi connectivity index (χ1n) is 5.16. The Labute approximate surface area is 88.2 Å². The Morgan fingerprint density at radius 2 is 2.67 bits per heavy atom. The first-order valence-corrected chi connectivity index (χ1v) is 5.16. The molecule has 1 unspecified atom stereocenters. The van der Waals surface area contributed by atoms with Gasteiger partial charge in [0.1, 0.15) is 11.5 Å². The monoisotopic (exact) mass is 209 g/mol. The number of nitrogens with one attached hydrogen (secondary N) is 2. The van der Waals surface area contributed by atoms with Gasteiger partial charge in [0.05, 0.1) is 12.5 Å². The smallest absolute Gasteiger partial charge is 0.224 e. The molecule has 82 valence electrons. The molecule has 0 spiro atoms. The zero-order chi connectivity index (χ0) is 10.7. The van der Waals surface area contributed by atoms with Gasteiger partial charge in [-0.15, -0.1) is 0 Å². The molecule has 0 bridgehead atoms. The Hall–Kier alpha value is -1.36. The van der Waals surface area contributed by atoms with E-state index in [1.807, 2.05) is 13.0 Å². The van der Waals surface area contributed by atoms with Crippen LogP contribution >= 0.6 is 0 Å². The van der Waals surface area contributed by atoms with E-state index < -0.39 is 0 Å². The third-order valence-corrected chi connectivity index (χ3v) is 2.55. The maximum absolute atomic E-state index is 11.6. The van der Waals surface area contributed by atoms with Gasteiger partial charge in [0.25, 0.3) is 0 Å². The lowest BCUT2D eigenvalue weighted by atomic mass is 10.1. The normalized spacial score (nSPS) is 20.5. The number of carbonyl (C=O) groups excluding carboxylic acids is 1. The highest BCUT2D eigenvalue weighted by atomic mass is 16.5. The second-order valence-electron chi connectivity index (χ2n) is 3.84. The van der Waals surface area contributed by atoms with E-state index in [-0.39, 0.29) is 11.8 Å². The van der Waals surface area contributed by atoms with Crippen LogP contribution in [-0.4, -0.2) is 24.2 Å². The summed E-state index contributed by atoms with van der Waals surface area (Å²) in [5.41, 5.74) is 0.770. The van der Waals surface area contributed by atoms with Crippen molar-refractivity contribution >= 4 is 5.91 Å². The summed E-state index contributed by atoms with van der Waals surface area (Å²) in [6.45, 7) is 4.00. The van der Waals surface area contributed by atoms with Crippen molar-refractivity contribution in [2.45, 2.75) is 19.9 Å². The number of nitrogens with zero attached hydrogens (tertiary/aromatic N) is 1. The van der Waals surface area contributed by atoms with Gasteiger partial charge in [0.15, 0.2) is 0 Å². The highest BCUT2D eigenvalue weighted by Gasteiger charge is 2.21. The van der Waals surface area contributed by atoms with Crippen LogP contribution in [0, 0.1) is 12.8 Å². The molecular weight excluding hydrogens is 194 g/mol. The van der Waals surface area contributed by atoms with Gasteiger partial charge < -0.3 is 15.2 Å². The fraction of sp³-hybridized carbons (Fsp3) is 0.600. The van der Waals surface area contributed by atoms with Gasteiger partial charge in [-0.1, -0.05) is 5.16 Å². The average molecular weight is 209 g/mol. The van der Waals surface area contributed by atoms with Crippen LogP contribution in [0.5, 0.6) is 0 Å². The molecule has 0 aromatic carbocycles. The Balaban J connectivity index is 1.80. The van der Waals surface area contributed by atoms with E-state index in [2.05, 4.69) is 15.8 Å². The molecule has 1 aromatic heterocycles. The van der Waals surface area contributed by atoms with Crippen LogP contribution in [-0.2, 0) is 11.3 Å². The molecule has 0 radical (unpaired) electrons. The van der Waals surface area contributed by atoms with Gasteiger partial charge in [-0.25, -0.2) is 0 Å². The Morgan fingerprint density at radius 3 is 3.27 bits per heavy atom. The van der Waals surface area contributed by atoms with Gasteiger partial charge in [0.2, 0.25) is 5.91 Å². The van der Waals surface area contributed by atoms with E-state index >= 15 is 0 Å². The molecule has 1 aliphatic rings. The highest BCUT2D eigenvalue weighted by molar-refractivity contribution is 5.79. The van der Waals surface area contributed by atoms with E-state index in [1.165, 1.54) is 0 Å². The summed E-state index contributed by atoms with van der Waals surface area (Å²) >= 11 is 0. The van der Waals surface area contributed by atoms with Gasteiger partial charge in [0, 0.05) is 12.6 Å². The first kappa shape index (κ1) is 10.2. The topological polar surface area (TPSA) is 67.2 Å². The first-order chi connectivity index (χ1) is 7.25. The van der Waals surface area contributed by atoms with Crippen molar-refractivity contribution in [3.8, 4) is 0 Å². The summed E-state index contributed by atoms with van der Waals surface area (Å²) in [6.07, 6.45) is 0.920. The number of aryl methyl sites for hydroxylation is 1. The van der Waals surface area contributed by atoms with Gasteiger partial charge in [-0.05, 0) is 19.9 Å². The molecule has 5 heteroatoms. The molecule has 1 saturated heterocycles. The second-order valence-corrected chi connectivity index (χ2v) is 3.84. The van der Waals surface area contributed by atoms with Crippen LogP contribution in [0.3, 0.4) is 0 Å². The summed E-state index contributed by atoms with van der Waals surface area (Å²) in [7, 11) is 0.